The van der Waals surface area contributed by atoms with E-state index in [0.29, 0.717) is 12.1 Å². The number of nitrogen functional groups attached to an aromatic ring is 1. The maximum absolute atomic E-state index is 13.2. The first-order valence-corrected chi connectivity index (χ1v) is 7.58. The van der Waals surface area contributed by atoms with Crippen LogP contribution in [0.1, 0.15) is 12.5 Å². The molecule has 2 aromatic rings. The predicted octanol–water partition coefficient (Wildman–Crippen LogP) is 2.77. The van der Waals surface area contributed by atoms with E-state index in [9.17, 15) is 12.8 Å². The highest BCUT2D eigenvalue weighted by Gasteiger charge is 2.19. The molecule has 2 rings (SSSR count). The summed E-state index contributed by atoms with van der Waals surface area (Å²) in [5.41, 5.74) is 6.95. The molecular formula is C14H15FN2O2S. The van der Waals surface area contributed by atoms with Crippen LogP contribution >= 0.6 is 0 Å². The Balaban J connectivity index is 2.43. The van der Waals surface area contributed by atoms with Gasteiger partial charge < -0.3 is 5.73 Å². The van der Waals surface area contributed by atoms with Crippen LogP contribution in [0.15, 0.2) is 47.4 Å². The van der Waals surface area contributed by atoms with Crippen molar-refractivity contribution in [2.45, 2.75) is 18.2 Å². The van der Waals surface area contributed by atoms with Gasteiger partial charge in [-0.3, -0.25) is 4.72 Å². The highest BCUT2D eigenvalue weighted by Crippen LogP contribution is 2.24. The van der Waals surface area contributed by atoms with Gasteiger partial charge in [-0.15, -0.1) is 0 Å². The zero-order chi connectivity index (χ0) is 14.8. The van der Waals surface area contributed by atoms with Crippen molar-refractivity contribution in [3.63, 3.8) is 0 Å². The van der Waals surface area contributed by atoms with Crippen molar-refractivity contribution in [1.82, 2.24) is 0 Å². The van der Waals surface area contributed by atoms with Crippen LogP contribution in [0.3, 0.4) is 0 Å². The average molecular weight is 294 g/mol. The molecular weight excluding hydrogens is 279 g/mol. The average Bonchev–Trinajstić information content (AvgIpc) is 2.41. The van der Waals surface area contributed by atoms with Gasteiger partial charge in [-0.25, -0.2) is 12.8 Å². The van der Waals surface area contributed by atoms with Crippen molar-refractivity contribution in [2.75, 3.05) is 10.5 Å². The highest BCUT2D eigenvalue weighted by molar-refractivity contribution is 7.92. The Hall–Kier alpha value is -2.08. The van der Waals surface area contributed by atoms with E-state index in [2.05, 4.69) is 4.72 Å². The Bertz CT molecular complexity index is 730. The lowest BCUT2D eigenvalue weighted by atomic mass is 10.1. The van der Waals surface area contributed by atoms with Crippen molar-refractivity contribution in [2.24, 2.45) is 0 Å². The fraction of sp³-hybridized carbons (Fsp3) is 0.143. The van der Waals surface area contributed by atoms with Gasteiger partial charge in [0.2, 0.25) is 0 Å². The highest BCUT2D eigenvalue weighted by atomic mass is 32.2. The number of aryl methyl sites for hydroxylation is 1. The van der Waals surface area contributed by atoms with Crippen LogP contribution in [-0.4, -0.2) is 8.42 Å². The molecule has 0 aliphatic carbocycles. The Morgan fingerprint density at radius 1 is 1.20 bits per heavy atom. The zero-order valence-electron chi connectivity index (χ0n) is 10.9. The Kier molecular flexibility index (Phi) is 3.94. The van der Waals surface area contributed by atoms with Crippen molar-refractivity contribution < 1.29 is 12.8 Å². The second-order valence-corrected chi connectivity index (χ2v) is 5.95. The van der Waals surface area contributed by atoms with E-state index >= 15 is 0 Å². The van der Waals surface area contributed by atoms with Gasteiger partial charge in [-0.1, -0.05) is 25.1 Å². The molecule has 0 heterocycles. The molecule has 106 valence electrons. The minimum atomic E-state index is -3.91. The molecule has 3 N–H and O–H groups in total. The molecule has 0 fully saturated rings. The van der Waals surface area contributed by atoms with Gasteiger partial charge in [0.05, 0.1) is 11.4 Å². The van der Waals surface area contributed by atoms with Crippen LogP contribution < -0.4 is 10.5 Å². The molecule has 0 aromatic heterocycles. The second kappa shape index (κ2) is 5.50. The molecule has 6 heteroatoms. The largest absolute Gasteiger partial charge is 0.398 e. The van der Waals surface area contributed by atoms with E-state index in [4.69, 9.17) is 5.73 Å². The normalized spacial score (nSPS) is 11.3. The summed E-state index contributed by atoms with van der Waals surface area (Å²) in [6.45, 7) is 1.92. The van der Waals surface area contributed by atoms with E-state index < -0.39 is 15.8 Å². The molecule has 0 saturated heterocycles. The lowest BCUT2D eigenvalue weighted by molar-refractivity contribution is 0.596. The van der Waals surface area contributed by atoms with Gasteiger partial charge >= 0.3 is 0 Å². The maximum Gasteiger partial charge on any atom is 0.264 e. The predicted molar refractivity (Wildman–Crippen MR) is 77.4 cm³/mol. The number of nitrogens with two attached hydrogens (primary N) is 1. The molecule has 20 heavy (non-hydrogen) atoms. The Morgan fingerprint density at radius 2 is 1.90 bits per heavy atom. The van der Waals surface area contributed by atoms with E-state index in [1.807, 2.05) is 19.1 Å². The SMILES string of the molecule is CCc1ccccc1NS(=O)(=O)c1cc(F)ccc1N. The summed E-state index contributed by atoms with van der Waals surface area (Å²) in [6.07, 6.45) is 0.678. The summed E-state index contributed by atoms with van der Waals surface area (Å²) in [6, 6.07) is 10.3. The van der Waals surface area contributed by atoms with Crippen LogP contribution in [0.2, 0.25) is 0 Å². The van der Waals surface area contributed by atoms with Crippen LogP contribution in [0.4, 0.5) is 15.8 Å². The topological polar surface area (TPSA) is 72.2 Å². The number of anilines is 2. The van der Waals surface area contributed by atoms with Gasteiger partial charge in [0.15, 0.2) is 0 Å². The fourth-order valence-corrected chi connectivity index (χ4v) is 3.11. The standard InChI is InChI=1S/C14H15FN2O2S/c1-2-10-5-3-4-6-13(10)17-20(18,19)14-9-11(15)7-8-12(14)16/h3-9,17H,2,16H2,1H3. The summed E-state index contributed by atoms with van der Waals surface area (Å²) in [5, 5.41) is 0. The molecule has 0 radical (unpaired) electrons. The number of nitrogens with one attached hydrogen (secondary N) is 1. The van der Waals surface area contributed by atoms with E-state index in [1.165, 1.54) is 6.07 Å². The minimum Gasteiger partial charge on any atom is -0.398 e. The minimum absolute atomic E-state index is 0.00730. The Morgan fingerprint density at radius 3 is 2.60 bits per heavy atom. The molecule has 0 unspecified atom stereocenters. The summed E-state index contributed by atoms with van der Waals surface area (Å²) in [7, 11) is -3.91. The number of hydrogen-bond acceptors (Lipinski definition) is 3. The molecule has 0 spiro atoms. The smallest absolute Gasteiger partial charge is 0.264 e. The van der Waals surface area contributed by atoms with Gasteiger partial charge in [-0.2, -0.15) is 0 Å². The number of para-hydroxylation sites is 1. The second-order valence-electron chi connectivity index (χ2n) is 4.30. The van der Waals surface area contributed by atoms with Gasteiger partial charge in [-0.05, 0) is 36.2 Å². The summed E-state index contributed by atoms with van der Waals surface area (Å²) in [4.78, 5) is -0.261. The quantitative estimate of drug-likeness (QED) is 0.852. The number of sulfonamides is 1. The van der Waals surface area contributed by atoms with Gasteiger partial charge in [0.25, 0.3) is 10.0 Å². The number of halogens is 1. The fourth-order valence-electron chi connectivity index (χ4n) is 1.87. The lowest BCUT2D eigenvalue weighted by Gasteiger charge is -2.13. The lowest BCUT2D eigenvalue weighted by Crippen LogP contribution is -2.16. The van der Waals surface area contributed by atoms with E-state index in [1.54, 1.807) is 12.1 Å². The molecule has 0 bridgehead atoms. The van der Waals surface area contributed by atoms with Crippen molar-refractivity contribution in [3.05, 3.63) is 53.8 Å². The molecule has 0 aliphatic heterocycles. The molecule has 0 amide bonds. The van der Waals surface area contributed by atoms with Crippen molar-refractivity contribution in [3.8, 4) is 0 Å². The first-order chi connectivity index (χ1) is 9.44. The van der Waals surface area contributed by atoms with E-state index in [0.717, 1.165) is 17.7 Å². The van der Waals surface area contributed by atoms with Crippen LogP contribution in [0, 0.1) is 5.82 Å². The zero-order valence-corrected chi connectivity index (χ0v) is 11.7. The summed E-state index contributed by atoms with van der Waals surface area (Å²) < 4.78 is 40.2. The molecule has 0 aliphatic rings. The third-order valence-electron chi connectivity index (χ3n) is 2.91. The monoisotopic (exact) mass is 294 g/mol. The van der Waals surface area contributed by atoms with Crippen LogP contribution in [0.25, 0.3) is 0 Å². The first kappa shape index (κ1) is 14.3. The summed E-state index contributed by atoms with van der Waals surface area (Å²) >= 11 is 0. The molecule has 0 atom stereocenters. The van der Waals surface area contributed by atoms with Crippen molar-refractivity contribution >= 4 is 21.4 Å². The molecule has 2 aromatic carbocycles. The maximum atomic E-state index is 13.2. The van der Waals surface area contributed by atoms with E-state index in [-0.39, 0.29) is 10.6 Å². The number of benzene rings is 2. The van der Waals surface area contributed by atoms with Crippen LogP contribution in [0.5, 0.6) is 0 Å². The van der Waals surface area contributed by atoms with Crippen molar-refractivity contribution in [1.29, 1.82) is 0 Å². The molecule has 0 saturated carbocycles. The Labute approximate surface area is 117 Å². The first-order valence-electron chi connectivity index (χ1n) is 6.10. The third-order valence-corrected chi connectivity index (χ3v) is 4.33. The molecule has 4 nitrogen and oxygen atoms in total. The van der Waals surface area contributed by atoms with Crippen LogP contribution in [-0.2, 0) is 16.4 Å². The van der Waals surface area contributed by atoms with Gasteiger partial charge in [0.1, 0.15) is 10.7 Å². The number of rotatable bonds is 4. The summed E-state index contributed by atoms with van der Waals surface area (Å²) in [5.74, 6) is -0.650. The van der Waals surface area contributed by atoms with Gasteiger partial charge in [0, 0.05) is 0 Å². The third kappa shape index (κ3) is 2.91. The number of hydrogen-bond donors (Lipinski definition) is 2.